The topological polar surface area (TPSA) is 82.0 Å². The number of allylic oxidation sites excluding steroid dienone is 1. The van der Waals surface area contributed by atoms with Crippen LogP contribution in [0.3, 0.4) is 0 Å². The maximum atomic E-state index is 13.8. The minimum Gasteiger partial charge on any atom is -0.345 e. The summed E-state index contributed by atoms with van der Waals surface area (Å²) in [6.07, 6.45) is -7.94. The lowest BCUT2D eigenvalue weighted by atomic mass is 9.95. The number of hydrogen-bond acceptors (Lipinski definition) is 3. The first kappa shape index (κ1) is 28.8. The van der Waals surface area contributed by atoms with Gasteiger partial charge in [-0.25, -0.2) is 8.78 Å². The zero-order chi connectivity index (χ0) is 27.3. The Kier molecular flexibility index (Phi) is 9.20. The maximum absolute atomic E-state index is 13.8. The molecule has 0 saturated carbocycles. The second-order valence-electron chi connectivity index (χ2n) is 7.16. The summed E-state index contributed by atoms with van der Waals surface area (Å²) in [5.74, 6) is -7.26. The van der Waals surface area contributed by atoms with Gasteiger partial charge in [0.25, 0.3) is 5.91 Å². The van der Waals surface area contributed by atoms with Crippen molar-refractivity contribution in [3.63, 3.8) is 0 Å². The van der Waals surface area contributed by atoms with Gasteiger partial charge in [0, 0.05) is 4.47 Å². The molecule has 0 fully saturated rings. The smallest absolute Gasteiger partial charge is 0.345 e. The largest absolute Gasteiger partial charge is 0.405 e. The molecule has 2 rings (SSSR count). The van der Waals surface area contributed by atoms with E-state index in [4.69, 9.17) is 5.26 Å². The Bertz CT molecular complexity index is 1200. The second kappa shape index (κ2) is 11.5. The van der Waals surface area contributed by atoms with Gasteiger partial charge in [-0.2, -0.15) is 31.6 Å². The number of alkyl halides is 6. The van der Waals surface area contributed by atoms with Crippen molar-refractivity contribution < 1.29 is 44.7 Å². The van der Waals surface area contributed by atoms with Crippen LogP contribution in [0.1, 0.15) is 33.0 Å². The fraction of sp³-hybridized carbons (Fsp3) is 0.227. The molecule has 1 unspecified atom stereocenters. The standard InChI is InChI=1S/C22H14BrF8N3O2/c23-16-5-11(1-3-13(16)20(36)33-9-19(35)34-10-21(26,27)28)2-4-15(22(29,30)31)12-6-17(24)14(8-32)18(25)7-12/h1-7,15H,9-10H2,(H,33,36)(H,34,35). The lowest BCUT2D eigenvalue weighted by Gasteiger charge is -2.18. The average Bonchev–Trinajstić information content (AvgIpc) is 2.74. The molecular weight excluding hydrogens is 570 g/mol. The average molecular weight is 584 g/mol. The van der Waals surface area contributed by atoms with Gasteiger partial charge in [-0.1, -0.05) is 18.2 Å². The van der Waals surface area contributed by atoms with Crippen LogP contribution in [0.2, 0.25) is 0 Å². The van der Waals surface area contributed by atoms with Crippen molar-refractivity contribution in [1.29, 1.82) is 5.26 Å². The normalized spacial score (nSPS) is 12.8. The number of amides is 2. The molecule has 0 heterocycles. The highest BCUT2D eigenvalue weighted by atomic mass is 79.9. The third kappa shape index (κ3) is 8.04. The van der Waals surface area contributed by atoms with E-state index in [1.165, 1.54) is 24.3 Å². The van der Waals surface area contributed by atoms with E-state index in [9.17, 15) is 44.7 Å². The lowest BCUT2D eigenvalue weighted by Crippen LogP contribution is -2.40. The molecule has 0 aromatic heterocycles. The number of rotatable bonds is 7. The van der Waals surface area contributed by atoms with E-state index in [1.807, 2.05) is 0 Å². The molecule has 2 aromatic rings. The Balaban J connectivity index is 2.18. The molecule has 0 aliphatic carbocycles. The van der Waals surface area contributed by atoms with Crippen LogP contribution in [-0.2, 0) is 4.79 Å². The third-order valence-electron chi connectivity index (χ3n) is 4.50. The molecule has 2 amide bonds. The molecule has 0 aliphatic heterocycles. The Morgan fingerprint density at radius 1 is 1.03 bits per heavy atom. The van der Waals surface area contributed by atoms with E-state index < -0.39 is 65.9 Å². The van der Waals surface area contributed by atoms with Crippen LogP contribution in [0.5, 0.6) is 0 Å². The molecule has 192 valence electrons. The first-order valence-electron chi connectivity index (χ1n) is 9.67. The van der Waals surface area contributed by atoms with Crippen LogP contribution in [0.25, 0.3) is 6.08 Å². The van der Waals surface area contributed by atoms with E-state index in [1.54, 1.807) is 5.32 Å². The van der Waals surface area contributed by atoms with Crippen molar-refractivity contribution in [3.05, 3.63) is 74.8 Å². The molecule has 14 heteroatoms. The van der Waals surface area contributed by atoms with Crippen molar-refractivity contribution in [1.82, 2.24) is 10.6 Å². The Morgan fingerprint density at radius 2 is 1.64 bits per heavy atom. The summed E-state index contributed by atoms with van der Waals surface area (Å²) in [5, 5.41) is 12.3. The molecule has 0 aliphatic rings. The Morgan fingerprint density at radius 3 is 2.14 bits per heavy atom. The quantitative estimate of drug-likeness (QED) is 0.430. The number of carbonyl (C=O) groups is 2. The summed E-state index contributed by atoms with van der Waals surface area (Å²) in [6.45, 7) is -2.33. The van der Waals surface area contributed by atoms with E-state index in [0.29, 0.717) is 18.2 Å². The number of benzene rings is 2. The number of halogens is 9. The van der Waals surface area contributed by atoms with Gasteiger partial charge in [-0.05, 0) is 51.3 Å². The molecule has 1 atom stereocenters. The van der Waals surface area contributed by atoms with Crippen molar-refractivity contribution in [3.8, 4) is 6.07 Å². The van der Waals surface area contributed by atoms with Crippen molar-refractivity contribution in [2.45, 2.75) is 18.3 Å². The van der Waals surface area contributed by atoms with Crippen LogP contribution in [0, 0.1) is 23.0 Å². The molecule has 36 heavy (non-hydrogen) atoms. The summed E-state index contributed by atoms with van der Waals surface area (Å²) >= 11 is 3.04. The zero-order valence-electron chi connectivity index (χ0n) is 17.7. The first-order chi connectivity index (χ1) is 16.6. The molecule has 0 bridgehead atoms. The predicted molar refractivity (Wildman–Crippen MR) is 114 cm³/mol. The van der Waals surface area contributed by atoms with Gasteiger partial charge in [0.2, 0.25) is 5.91 Å². The molecule has 2 N–H and O–H groups in total. The monoisotopic (exact) mass is 583 g/mol. The third-order valence-corrected chi connectivity index (χ3v) is 5.16. The van der Waals surface area contributed by atoms with Crippen LogP contribution < -0.4 is 10.6 Å². The highest BCUT2D eigenvalue weighted by Crippen LogP contribution is 2.37. The summed E-state index contributed by atoms with van der Waals surface area (Å²) in [4.78, 5) is 23.6. The van der Waals surface area contributed by atoms with Gasteiger partial charge >= 0.3 is 12.4 Å². The van der Waals surface area contributed by atoms with Gasteiger partial charge in [0.15, 0.2) is 0 Å². The first-order valence-corrected chi connectivity index (χ1v) is 10.5. The Labute approximate surface area is 206 Å². The Hall–Kier alpha value is -3.47. The molecule has 0 radical (unpaired) electrons. The minimum absolute atomic E-state index is 0.0700. The van der Waals surface area contributed by atoms with Crippen molar-refractivity contribution in [2.75, 3.05) is 13.1 Å². The van der Waals surface area contributed by atoms with Crippen LogP contribution >= 0.6 is 15.9 Å². The molecule has 0 saturated heterocycles. The summed E-state index contributed by atoms with van der Waals surface area (Å²) < 4.78 is 105. The van der Waals surface area contributed by atoms with E-state index >= 15 is 0 Å². The predicted octanol–water partition coefficient (Wildman–Crippen LogP) is 5.37. The van der Waals surface area contributed by atoms with Gasteiger partial charge in [0.1, 0.15) is 29.8 Å². The van der Waals surface area contributed by atoms with Gasteiger partial charge in [-0.3, -0.25) is 9.59 Å². The number of nitrogens with zero attached hydrogens (tertiary/aromatic N) is 1. The highest BCUT2D eigenvalue weighted by Gasteiger charge is 2.39. The summed E-state index contributed by atoms with van der Waals surface area (Å²) in [6, 6.07) is 5.69. The number of carbonyl (C=O) groups excluding carboxylic acids is 2. The van der Waals surface area contributed by atoms with E-state index in [-0.39, 0.29) is 15.6 Å². The fourth-order valence-corrected chi connectivity index (χ4v) is 3.41. The van der Waals surface area contributed by atoms with Gasteiger partial charge in [-0.15, -0.1) is 0 Å². The van der Waals surface area contributed by atoms with Crippen LogP contribution in [-0.4, -0.2) is 37.3 Å². The zero-order valence-corrected chi connectivity index (χ0v) is 19.3. The van der Waals surface area contributed by atoms with E-state index in [2.05, 4.69) is 21.2 Å². The van der Waals surface area contributed by atoms with Crippen molar-refractivity contribution in [2.24, 2.45) is 0 Å². The summed E-state index contributed by atoms with van der Waals surface area (Å²) in [5.41, 5.74) is -1.71. The van der Waals surface area contributed by atoms with Crippen LogP contribution in [0.4, 0.5) is 35.1 Å². The SMILES string of the molecule is N#Cc1c(F)cc(C(C=Cc2ccc(C(=O)NCC(=O)NCC(F)(F)F)c(Br)c2)C(F)(F)F)cc1F. The highest BCUT2D eigenvalue weighted by molar-refractivity contribution is 9.10. The molecule has 5 nitrogen and oxygen atoms in total. The number of nitriles is 1. The molecular formula is C22H14BrF8N3O2. The number of nitrogens with one attached hydrogen (secondary N) is 2. The van der Waals surface area contributed by atoms with Gasteiger partial charge < -0.3 is 10.6 Å². The lowest BCUT2D eigenvalue weighted by molar-refractivity contribution is -0.139. The fourth-order valence-electron chi connectivity index (χ4n) is 2.83. The number of hydrogen-bond donors (Lipinski definition) is 2. The molecule has 2 aromatic carbocycles. The van der Waals surface area contributed by atoms with Crippen molar-refractivity contribution >= 4 is 33.8 Å². The van der Waals surface area contributed by atoms with Crippen LogP contribution in [0.15, 0.2) is 40.9 Å². The summed E-state index contributed by atoms with van der Waals surface area (Å²) in [7, 11) is 0. The van der Waals surface area contributed by atoms with Gasteiger partial charge in [0.05, 0.1) is 18.0 Å². The maximum Gasteiger partial charge on any atom is 0.405 e. The minimum atomic E-state index is -4.94. The van der Waals surface area contributed by atoms with E-state index in [0.717, 1.165) is 6.08 Å². The molecule has 0 spiro atoms. The second-order valence-corrected chi connectivity index (χ2v) is 8.02.